The number of methoxy groups -OCH3 is 1. The van der Waals surface area contributed by atoms with Gasteiger partial charge in [-0.25, -0.2) is 14.5 Å². The van der Waals surface area contributed by atoms with Crippen LogP contribution in [0.15, 0.2) is 30.3 Å². The molecule has 2 aliphatic heterocycles. The lowest BCUT2D eigenvalue weighted by molar-refractivity contribution is -0.142. The van der Waals surface area contributed by atoms with E-state index in [2.05, 4.69) is 4.74 Å². The first-order valence-corrected chi connectivity index (χ1v) is 7.10. The van der Waals surface area contributed by atoms with Gasteiger partial charge in [0, 0.05) is 5.75 Å². The number of thioether (sulfide) groups is 1. The van der Waals surface area contributed by atoms with Crippen molar-refractivity contribution in [3.63, 3.8) is 0 Å². The summed E-state index contributed by atoms with van der Waals surface area (Å²) in [5.41, 5.74) is 0.519. The van der Waals surface area contributed by atoms with Gasteiger partial charge >= 0.3 is 12.0 Å². The van der Waals surface area contributed by atoms with E-state index in [0.29, 0.717) is 11.4 Å². The number of esters is 1. The largest absolute Gasteiger partial charge is 0.467 e. The predicted octanol–water partition coefficient (Wildman–Crippen LogP) is 1.07. The van der Waals surface area contributed by atoms with Crippen molar-refractivity contribution in [1.82, 2.24) is 4.90 Å². The van der Waals surface area contributed by atoms with Crippen LogP contribution in [0.25, 0.3) is 0 Å². The van der Waals surface area contributed by atoms with Crippen molar-refractivity contribution in [3.8, 4) is 0 Å². The van der Waals surface area contributed by atoms with E-state index in [1.54, 1.807) is 24.3 Å². The number of nitrogens with zero attached hydrogens (tertiary/aromatic N) is 2. The molecule has 0 aliphatic carbocycles. The number of hydrogen-bond acceptors (Lipinski definition) is 5. The zero-order valence-corrected chi connectivity index (χ0v) is 11.5. The number of carbonyl (C=O) groups excluding carboxylic acids is 3. The van der Waals surface area contributed by atoms with E-state index < -0.39 is 23.4 Å². The number of anilines is 1. The number of ether oxygens (including phenoxy) is 1. The number of imide groups is 1. The maximum atomic E-state index is 12.4. The molecule has 0 aromatic heterocycles. The number of para-hydroxylation sites is 1. The fourth-order valence-corrected chi connectivity index (χ4v) is 3.68. The molecule has 0 saturated carbocycles. The SMILES string of the molecule is COC(=O)C1SC[C@H]2C(=O)N(c3ccccc3)C(=O)N12. The highest BCUT2D eigenvalue weighted by atomic mass is 32.2. The molecule has 1 aromatic carbocycles. The van der Waals surface area contributed by atoms with Crippen LogP contribution in [0.3, 0.4) is 0 Å². The monoisotopic (exact) mass is 292 g/mol. The number of rotatable bonds is 2. The Labute approximate surface area is 119 Å². The second kappa shape index (κ2) is 4.82. The van der Waals surface area contributed by atoms with E-state index in [1.807, 2.05) is 6.07 Å². The van der Waals surface area contributed by atoms with Crippen molar-refractivity contribution >= 4 is 35.4 Å². The van der Waals surface area contributed by atoms with Crippen LogP contribution < -0.4 is 4.90 Å². The highest BCUT2D eigenvalue weighted by molar-refractivity contribution is 8.00. The van der Waals surface area contributed by atoms with Crippen molar-refractivity contribution in [2.75, 3.05) is 17.8 Å². The third kappa shape index (κ3) is 1.77. The Morgan fingerprint density at radius 1 is 1.30 bits per heavy atom. The van der Waals surface area contributed by atoms with E-state index in [4.69, 9.17) is 0 Å². The Kier molecular flexibility index (Phi) is 3.13. The number of fused-ring (bicyclic) bond motifs is 1. The molecular formula is C13H12N2O4S. The fourth-order valence-electron chi connectivity index (χ4n) is 2.39. The van der Waals surface area contributed by atoms with E-state index in [0.717, 1.165) is 4.90 Å². The minimum absolute atomic E-state index is 0.292. The summed E-state index contributed by atoms with van der Waals surface area (Å²) in [6, 6.07) is 7.65. The molecular weight excluding hydrogens is 280 g/mol. The number of benzene rings is 1. The normalized spacial score (nSPS) is 25.1. The van der Waals surface area contributed by atoms with Gasteiger partial charge in [-0.05, 0) is 12.1 Å². The molecule has 0 N–H and O–H groups in total. The summed E-state index contributed by atoms with van der Waals surface area (Å²) in [5, 5.41) is -0.741. The van der Waals surface area contributed by atoms with Crippen LogP contribution in [0.1, 0.15) is 0 Å². The molecule has 104 valence electrons. The quantitative estimate of drug-likeness (QED) is 0.602. The van der Waals surface area contributed by atoms with Crippen molar-refractivity contribution in [1.29, 1.82) is 0 Å². The average molecular weight is 292 g/mol. The lowest BCUT2D eigenvalue weighted by atomic mass is 10.2. The topological polar surface area (TPSA) is 66.9 Å². The van der Waals surface area contributed by atoms with Gasteiger partial charge in [0.25, 0.3) is 5.91 Å². The molecule has 2 atom stereocenters. The zero-order chi connectivity index (χ0) is 14.3. The second-order valence-corrected chi connectivity index (χ2v) is 5.54. The first-order chi connectivity index (χ1) is 9.65. The van der Waals surface area contributed by atoms with Crippen LogP contribution >= 0.6 is 11.8 Å². The van der Waals surface area contributed by atoms with Crippen molar-refractivity contribution < 1.29 is 19.1 Å². The molecule has 0 bridgehead atoms. The van der Waals surface area contributed by atoms with Gasteiger partial charge < -0.3 is 4.74 Å². The zero-order valence-electron chi connectivity index (χ0n) is 10.7. The van der Waals surface area contributed by atoms with Crippen molar-refractivity contribution in [3.05, 3.63) is 30.3 Å². The fraction of sp³-hybridized carbons (Fsp3) is 0.308. The van der Waals surface area contributed by atoms with E-state index in [-0.39, 0.29) is 5.91 Å². The van der Waals surface area contributed by atoms with Gasteiger partial charge in [-0.1, -0.05) is 18.2 Å². The third-order valence-corrected chi connectivity index (χ3v) is 4.58. The highest BCUT2D eigenvalue weighted by Crippen LogP contribution is 2.37. The maximum Gasteiger partial charge on any atom is 0.339 e. The van der Waals surface area contributed by atoms with Gasteiger partial charge in [-0.3, -0.25) is 9.69 Å². The van der Waals surface area contributed by atoms with Gasteiger partial charge in [0.2, 0.25) is 0 Å². The van der Waals surface area contributed by atoms with Crippen LogP contribution in [0, 0.1) is 0 Å². The highest BCUT2D eigenvalue weighted by Gasteiger charge is 2.55. The van der Waals surface area contributed by atoms with E-state index >= 15 is 0 Å². The molecule has 1 unspecified atom stereocenters. The molecule has 20 heavy (non-hydrogen) atoms. The minimum atomic E-state index is -0.741. The lowest BCUT2D eigenvalue weighted by Gasteiger charge is -2.20. The van der Waals surface area contributed by atoms with Crippen LogP contribution in [0.4, 0.5) is 10.5 Å². The Hall–Kier alpha value is -2.02. The molecule has 3 amide bonds. The average Bonchev–Trinajstić information content (AvgIpc) is 3.01. The van der Waals surface area contributed by atoms with Crippen LogP contribution in [0.5, 0.6) is 0 Å². The Balaban J connectivity index is 1.94. The minimum Gasteiger partial charge on any atom is -0.467 e. The number of urea groups is 1. The molecule has 1 aromatic rings. The molecule has 2 aliphatic rings. The number of hydrogen-bond donors (Lipinski definition) is 0. The summed E-state index contributed by atoms with van der Waals surface area (Å²) >= 11 is 1.25. The number of carbonyl (C=O) groups is 3. The molecule has 0 spiro atoms. The third-order valence-electron chi connectivity index (χ3n) is 3.34. The molecule has 2 heterocycles. The lowest BCUT2D eigenvalue weighted by Crippen LogP contribution is -2.41. The van der Waals surface area contributed by atoms with Gasteiger partial charge in [0.1, 0.15) is 6.04 Å². The van der Waals surface area contributed by atoms with Gasteiger partial charge in [-0.2, -0.15) is 0 Å². The Bertz CT molecular complexity index is 577. The first kappa shape index (κ1) is 13.0. The predicted molar refractivity (Wildman–Crippen MR) is 73.2 cm³/mol. The first-order valence-electron chi connectivity index (χ1n) is 6.06. The summed E-state index contributed by atoms with van der Waals surface area (Å²) in [7, 11) is 1.27. The summed E-state index contributed by atoms with van der Waals surface area (Å²) in [6.07, 6.45) is 0. The van der Waals surface area contributed by atoms with Crippen LogP contribution in [-0.4, -0.2) is 47.1 Å². The molecule has 2 fully saturated rings. The molecule has 7 heteroatoms. The van der Waals surface area contributed by atoms with Crippen molar-refractivity contribution in [2.45, 2.75) is 11.4 Å². The molecule has 6 nitrogen and oxygen atoms in total. The van der Waals surface area contributed by atoms with Gasteiger partial charge in [0.05, 0.1) is 12.8 Å². The van der Waals surface area contributed by atoms with E-state index in [9.17, 15) is 14.4 Å². The smallest absolute Gasteiger partial charge is 0.339 e. The standard InChI is InChI=1S/C13H12N2O4S/c1-19-12(17)11-15-9(7-20-11)10(16)14(13(15)18)8-5-3-2-4-6-8/h2-6,9,11H,7H2,1H3/t9-,11?/m0/s1. The summed E-state index contributed by atoms with van der Waals surface area (Å²) in [6.45, 7) is 0. The number of amides is 3. The summed E-state index contributed by atoms with van der Waals surface area (Å²) in [5.74, 6) is -0.387. The van der Waals surface area contributed by atoms with Crippen LogP contribution in [0.2, 0.25) is 0 Å². The molecule has 2 saturated heterocycles. The van der Waals surface area contributed by atoms with E-state index in [1.165, 1.54) is 23.8 Å². The van der Waals surface area contributed by atoms with Gasteiger partial charge in [-0.15, -0.1) is 11.8 Å². The van der Waals surface area contributed by atoms with Crippen LogP contribution in [-0.2, 0) is 14.3 Å². The summed E-state index contributed by atoms with van der Waals surface area (Å²) in [4.78, 5) is 38.9. The molecule has 3 rings (SSSR count). The van der Waals surface area contributed by atoms with Crippen molar-refractivity contribution in [2.24, 2.45) is 0 Å². The summed E-state index contributed by atoms with van der Waals surface area (Å²) < 4.78 is 4.68. The molecule has 0 radical (unpaired) electrons. The van der Waals surface area contributed by atoms with Gasteiger partial charge in [0.15, 0.2) is 5.37 Å². The Morgan fingerprint density at radius 3 is 2.65 bits per heavy atom. The maximum absolute atomic E-state index is 12.4. The Morgan fingerprint density at radius 2 is 2.00 bits per heavy atom. The second-order valence-electron chi connectivity index (χ2n) is 4.42.